The van der Waals surface area contributed by atoms with Gasteiger partial charge in [0.2, 0.25) is 5.91 Å². The number of halogens is 3. The minimum Gasteiger partial charge on any atom is -0.481 e. The molecule has 0 aromatic rings. The summed E-state index contributed by atoms with van der Waals surface area (Å²) in [6, 6.07) is 0.130. The summed E-state index contributed by atoms with van der Waals surface area (Å²) in [5.41, 5.74) is 0. The molecule has 8 heteroatoms. The van der Waals surface area contributed by atoms with Crippen LogP contribution in [-0.4, -0.2) is 64.7 Å². The van der Waals surface area contributed by atoms with Gasteiger partial charge >= 0.3 is 12.1 Å². The van der Waals surface area contributed by atoms with Gasteiger partial charge in [0.25, 0.3) is 0 Å². The number of hydrogen-bond acceptors (Lipinski definition) is 3. The van der Waals surface area contributed by atoms with Crippen LogP contribution in [0.15, 0.2) is 0 Å². The zero-order valence-corrected chi connectivity index (χ0v) is 14.1. The second-order valence-corrected chi connectivity index (χ2v) is 7.12. The number of likely N-dealkylation sites (tertiary alicyclic amines) is 1. The van der Waals surface area contributed by atoms with Crippen LogP contribution in [0.2, 0.25) is 0 Å². The normalized spacial score (nSPS) is 26.2. The van der Waals surface area contributed by atoms with E-state index < -0.39 is 30.5 Å². The highest BCUT2D eigenvalue weighted by atomic mass is 19.4. The Morgan fingerprint density at radius 3 is 2.21 bits per heavy atom. The van der Waals surface area contributed by atoms with Gasteiger partial charge in [-0.05, 0) is 26.7 Å². The Morgan fingerprint density at radius 2 is 1.79 bits per heavy atom. The van der Waals surface area contributed by atoms with Crippen molar-refractivity contribution in [3.05, 3.63) is 0 Å². The van der Waals surface area contributed by atoms with E-state index in [1.807, 2.05) is 13.8 Å². The molecular formula is C16H25F3N2O3. The Labute approximate surface area is 139 Å². The van der Waals surface area contributed by atoms with Crippen LogP contribution in [0, 0.1) is 11.8 Å². The Kier molecular flexibility index (Phi) is 5.78. The third kappa shape index (κ3) is 4.20. The highest BCUT2D eigenvalue weighted by molar-refractivity contribution is 5.79. The average molecular weight is 350 g/mol. The van der Waals surface area contributed by atoms with Gasteiger partial charge in [-0.2, -0.15) is 13.2 Å². The molecule has 2 aliphatic rings. The first-order valence-corrected chi connectivity index (χ1v) is 8.44. The van der Waals surface area contributed by atoms with Crippen molar-refractivity contribution in [3.8, 4) is 0 Å². The molecule has 1 saturated carbocycles. The molecule has 2 atom stereocenters. The lowest BCUT2D eigenvalue weighted by molar-refractivity contribution is -0.188. The van der Waals surface area contributed by atoms with Crippen molar-refractivity contribution in [2.75, 3.05) is 19.6 Å². The molecule has 0 aromatic heterocycles. The monoisotopic (exact) mass is 350 g/mol. The van der Waals surface area contributed by atoms with Crippen molar-refractivity contribution < 1.29 is 27.9 Å². The van der Waals surface area contributed by atoms with Gasteiger partial charge in [-0.15, -0.1) is 0 Å². The summed E-state index contributed by atoms with van der Waals surface area (Å²) in [5.74, 6) is -5.08. The zero-order valence-electron chi connectivity index (χ0n) is 14.1. The molecule has 1 aliphatic heterocycles. The molecule has 0 radical (unpaired) electrons. The maximum atomic E-state index is 13.0. The Hall–Kier alpha value is -1.31. The lowest BCUT2D eigenvalue weighted by atomic mass is 9.96. The maximum absolute atomic E-state index is 13.0. The van der Waals surface area contributed by atoms with Crippen molar-refractivity contribution in [2.45, 2.75) is 57.8 Å². The number of alkyl halides is 3. The topological polar surface area (TPSA) is 60.9 Å². The van der Waals surface area contributed by atoms with Gasteiger partial charge < -0.3 is 10.0 Å². The Balaban J connectivity index is 2.04. The van der Waals surface area contributed by atoms with E-state index in [2.05, 4.69) is 0 Å². The van der Waals surface area contributed by atoms with Crippen molar-refractivity contribution in [1.29, 1.82) is 0 Å². The van der Waals surface area contributed by atoms with Gasteiger partial charge in [-0.1, -0.05) is 12.8 Å². The second kappa shape index (κ2) is 7.29. The molecule has 0 aromatic carbocycles. The number of carboxylic acids is 1. The smallest absolute Gasteiger partial charge is 0.393 e. The van der Waals surface area contributed by atoms with E-state index in [1.54, 1.807) is 4.90 Å². The quantitative estimate of drug-likeness (QED) is 0.827. The summed E-state index contributed by atoms with van der Waals surface area (Å²) < 4.78 is 39.1. The fraction of sp³-hybridized carbons (Fsp3) is 0.875. The van der Waals surface area contributed by atoms with Crippen LogP contribution in [0.5, 0.6) is 0 Å². The van der Waals surface area contributed by atoms with E-state index in [-0.39, 0.29) is 31.1 Å². The van der Waals surface area contributed by atoms with E-state index in [0.29, 0.717) is 0 Å². The molecule has 1 N–H and O–H groups in total. The molecule has 0 bridgehead atoms. The minimum atomic E-state index is -4.57. The molecule has 0 spiro atoms. The van der Waals surface area contributed by atoms with Gasteiger partial charge in [0.05, 0.1) is 18.4 Å². The first kappa shape index (κ1) is 19.0. The van der Waals surface area contributed by atoms with Gasteiger partial charge in [0, 0.05) is 25.2 Å². The molecule has 0 unspecified atom stereocenters. The molecule has 2 rings (SSSR count). The third-order valence-corrected chi connectivity index (χ3v) is 5.05. The highest BCUT2D eigenvalue weighted by Crippen LogP contribution is 2.37. The van der Waals surface area contributed by atoms with E-state index in [4.69, 9.17) is 5.11 Å². The molecular weight excluding hydrogens is 325 g/mol. The molecule has 5 nitrogen and oxygen atoms in total. The molecule has 2 fully saturated rings. The molecule has 1 saturated heterocycles. The van der Waals surface area contributed by atoms with Crippen molar-refractivity contribution in [1.82, 2.24) is 9.80 Å². The van der Waals surface area contributed by atoms with E-state index >= 15 is 0 Å². The molecule has 1 aliphatic carbocycles. The first-order chi connectivity index (χ1) is 11.1. The van der Waals surface area contributed by atoms with Gasteiger partial charge in [-0.3, -0.25) is 14.5 Å². The Morgan fingerprint density at radius 1 is 1.21 bits per heavy atom. The van der Waals surface area contributed by atoms with E-state index in [9.17, 15) is 22.8 Å². The number of hydrogen-bond donors (Lipinski definition) is 1. The number of aliphatic carboxylic acids is 1. The second-order valence-electron chi connectivity index (χ2n) is 7.12. The number of carbonyl (C=O) groups excluding carboxylic acids is 1. The van der Waals surface area contributed by atoms with Gasteiger partial charge in [0.15, 0.2) is 0 Å². The summed E-state index contributed by atoms with van der Waals surface area (Å²) >= 11 is 0. The van der Waals surface area contributed by atoms with Gasteiger partial charge in [0.1, 0.15) is 0 Å². The molecule has 1 amide bonds. The van der Waals surface area contributed by atoms with Crippen LogP contribution in [0.1, 0.15) is 39.5 Å². The van der Waals surface area contributed by atoms with Crippen molar-refractivity contribution >= 4 is 11.9 Å². The SMILES string of the molecule is CC(C)N(C(=O)CN1C[C@@H](C(F)(F)F)[C@H](C(=O)O)C1)C1CCCC1. The van der Waals surface area contributed by atoms with E-state index in [0.717, 1.165) is 25.7 Å². The van der Waals surface area contributed by atoms with E-state index in [1.165, 1.54) is 4.90 Å². The van der Waals surface area contributed by atoms with Crippen molar-refractivity contribution in [3.63, 3.8) is 0 Å². The van der Waals surface area contributed by atoms with Crippen LogP contribution in [0.3, 0.4) is 0 Å². The van der Waals surface area contributed by atoms with Crippen molar-refractivity contribution in [2.24, 2.45) is 11.8 Å². The third-order valence-electron chi connectivity index (χ3n) is 5.05. The largest absolute Gasteiger partial charge is 0.481 e. The van der Waals surface area contributed by atoms with Gasteiger partial charge in [-0.25, -0.2) is 0 Å². The fourth-order valence-corrected chi connectivity index (χ4v) is 3.96. The predicted octanol–water partition coefficient (Wildman–Crippen LogP) is 2.36. The van der Waals surface area contributed by atoms with Crippen LogP contribution in [0.4, 0.5) is 13.2 Å². The summed E-state index contributed by atoms with van der Waals surface area (Å²) in [6.45, 7) is 2.99. The average Bonchev–Trinajstić information content (AvgIpc) is 3.06. The molecule has 1 heterocycles. The van der Waals surface area contributed by atoms with Crippen LogP contribution in [0.25, 0.3) is 0 Å². The fourth-order valence-electron chi connectivity index (χ4n) is 3.96. The standard InChI is InChI=1S/C16H25F3N2O3/c1-10(2)21(11-5-3-4-6-11)14(22)9-20-7-12(15(23)24)13(8-20)16(17,18)19/h10-13H,3-9H2,1-2H3,(H,23,24)/t12-,13-/m1/s1. The lowest BCUT2D eigenvalue weighted by Crippen LogP contribution is -2.48. The number of nitrogens with zero attached hydrogens (tertiary/aromatic N) is 2. The summed E-state index contributed by atoms with van der Waals surface area (Å²) in [6.07, 6.45) is -0.603. The van der Waals surface area contributed by atoms with Crippen LogP contribution < -0.4 is 0 Å². The number of rotatable bonds is 5. The number of carbonyl (C=O) groups is 2. The van der Waals surface area contributed by atoms with Crippen LogP contribution >= 0.6 is 0 Å². The Bertz CT molecular complexity index is 476. The summed E-state index contributed by atoms with van der Waals surface area (Å²) in [7, 11) is 0. The summed E-state index contributed by atoms with van der Waals surface area (Å²) in [5, 5.41) is 9.05. The lowest BCUT2D eigenvalue weighted by Gasteiger charge is -2.34. The number of carboxylic acid groups (broad SMARTS) is 1. The number of amides is 1. The highest BCUT2D eigenvalue weighted by Gasteiger charge is 2.52. The van der Waals surface area contributed by atoms with Crippen LogP contribution in [-0.2, 0) is 9.59 Å². The first-order valence-electron chi connectivity index (χ1n) is 8.44. The predicted molar refractivity (Wildman–Crippen MR) is 81.3 cm³/mol. The minimum absolute atomic E-state index is 0.0168. The maximum Gasteiger partial charge on any atom is 0.393 e. The molecule has 24 heavy (non-hydrogen) atoms. The molecule has 138 valence electrons. The zero-order chi connectivity index (χ0) is 18.1. The summed E-state index contributed by atoms with van der Waals surface area (Å²) in [4.78, 5) is 26.8.